The maximum atomic E-state index is 13.1. The number of fused-ring (bicyclic) bond motifs is 1. The van der Waals surface area contributed by atoms with Crippen molar-refractivity contribution in [3.05, 3.63) is 60.3 Å². The largest absolute Gasteiger partial charge is 0.378 e. The van der Waals surface area contributed by atoms with Crippen molar-refractivity contribution in [2.75, 3.05) is 44.3 Å². The number of H-pyrrole nitrogens is 1. The summed E-state index contributed by atoms with van der Waals surface area (Å²) in [5.74, 6) is 1.12. The molecular formula is C31H40N8O3. The Hall–Kier alpha value is -3.83. The first-order chi connectivity index (χ1) is 20.6. The molecule has 11 nitrogen and oxygen atoms in total. The van der Waals surface area contributed by atoms with Crippen LogP contribution in [0.25, 0.3) is 11.0 Å². The highest BCUT2D eigenvalue weighted by Gasteiger charge is 2.27. The Balaban J connectivity index is 1.02. The van der Waals surface area contributed by atoms with Crippen LogP contribution in [-0.4, -0.2) is 88.1 Å². The number of hydrogen-bond acceptors (Lipinski definition) is 8. The second kappa shape index (κ2) is 13.0. The van der Waals surface area contributed by atoms with Gasteiger partial charge in [0, 0.05) is 50.2 Å². The molecule has 2 saturated heterocycles. The zero-order chi connectivity index (χ0) is 28.9. The van der Waals surface area contributed by atoms with E-state index in [0.717, 1.165) is 93.7 Å². The Morgan fingerprint density at radius 1 is 1.02 bits per heavy atom. The lowest BCUT2D eigenvalue weighted by Crippen LogP contribution is -2.46. The molecule has 1 aliphatic carbocycles. The van der Waals surface area contributed by atoms with Crippen LogP contribution in [0.5, 0.6) is 0 Å². The van der Waals surface area contributed by atoms with Crippen molar-refractivity contribution in [3.8, 4) is 0 Å². The van der Waals surface area contributed by atoms with Crippen molar-refractivity contribution < 1.29 is 14.3 Å². The summed E-state index contributed by atoms with van der Waals surface area (Å²) in [6.07, 6.45) is 10.5. The predicted molar refractivity (Wildman–Crippen MR) is 160 cm³/mol. The first-order valence-corrected chi connectivity index (χ1v) is 15.1. The van der Waals surface area contributed by atoms with Crippen LogP contribution in [0, 0.1) is 0 Å². The van der Waals surface area contributed by atoms with Crippen molar-refractivity contribution in [3.63, 3.8) is 0 Å². The molecule has 0 aromatic carbocycles. The standard InChI is InChI=1S/C31H40N8O3/c1-2-28(40)35-24-4-3-11-38(19-24)18-21-9-10-32-27(16-21)31(41)36-23-7-5-22(6-8-23)26-17-25-29(37-26)33-20-34-30(25)39-12-14-42-15-13-39/h2,9-10,16-17,20,22-24H,1,3-8,11-15,18-19H2,(H,35,40)(H,36,41)(H,33,34,37). The van der Waals surface area contributed by atoms with Crippen molar-refractivity contribution in [1.29, 1.82) is 0 Å². The minimum absolute atomic E-state index is 0.119. The van der Waals surface area contributed by atoms with Gasteiger partial charge in [-0.25, -0.2) is 9.97 Å². The number of pyridine rings is 1. The number of carbonyl (C=O) groups excluding carboxylic acids is 2. The number of ether oxygens (including phenoxy) is 1. The molecule has 1 unspecified atom stereocenters. The van der Waals surface area contributed by atoms with Gasteiger partial charge in [-0.3, -0.25) is 19.5 Å². The van der Waals surface area contributed by atoms with Gasteiger partial charge in [0.25, 0.3) is 5.91 Å². The van der Waals surface area contributed by atoms with Gasteiger partial charge in [0.2, 0.25) is 5.91 Å². The SMILES string of the molecule is C=CC(=O)NC1CCCN(Cc2ccnc(C(=O)NC3CCC(c4cc5c(N6CCOCC6)ncnc5[nH]4)CC3)c2)C1. The fourth-order valence-corrected chi connectivity index (χ4v) is 6.53. The predicted octanol–water partition coefficient (Wildman–Crippen LogP) is 2.91. The van der Waals surface area contributed by atoms with E-state index in [4.69, 9.17) is 4.74 Å². The number of carbonyl (C=O) groups is 2. The highest BCUT2D eigenvalue weighted by Crippen LogP contribution is 2.35. The molecule has 0 spiro atoms. The zero-order valence-electron chi connectivity index (χ0n) is 24.1. The maximum absolute atomic E-state index is 13.1. The highest BCUT2D eigenvalue weighted by molar-refractivity contribution is 5.92. The van der Waals surface area contributed by atoms with E-state index in [0.29, 0.717) is 24.8 Å². The molecule has 0 radical (unpaired) electrons. The number of likely N-dealkylation sites (tertiary alicyclic amines) is 1. The average molecular weight is 573 g/mol. The number of aromatic amines is 1. The fourth-order valence-electron chi connectivity index (χ4n) is 6.53. The summed E-state index contributed by atoms with van der Waals surface area (Å²) in [5.41, 5.74) is 3.58. The van der Waals surface area contributed by atoms with Crippen LogP contribution in [0.3, 0.4) is 0 Å². The van der Waals surface area contributed by atoms with E-state index >= 15 is 0 Å². The summed E-state index contributed by atoms with van der Waals surface area (Å²) in [4.78, 5) is 46.4. The van der Waals surface area contributed by atoms with Gasteiger partial charge < -0.3 is 25.3 Å². The number of nitrogens with one attached hydrogen (secondary N) is 3. The topological polar surface area (TPSA) is 128 Å². The van der Waals surface area contributed by atoms with Gasteiger partial charge in [-0.05, 0) is 80.8 Å². The maximum Gasteiger partial charge on any atom is 0.270 e. The summed E-state index contributed by atoms with van der Waals surface area (Å²) < 4.78 is 5.51. The molecule has 5 heterocycles. The number of amides is 2. The molecule has 11 heteroatoms. The molecule has 3 N–H and O–H groups in total. The van der Waals surface area contributed by atoms with E-state index in [1.807, 2.05) is 12.1 Å². The van der Waals surface area contributed by atoms with Crippen molar-refractivity contribution in [2.45, 2.75) is 63.1 Å². The Kier molecular flexibility index (Phi) is 8.76. The molecule has 6 rings (SSSR count). The number of aromatic nitrogens is 4. The number of nitrogens with zero attached hydrogens (tertiary/aromatic N) is 5. The van der Waals surface area contributed by atoms with Gasteiger partial charge >= 0.3 is 0 Å². The number of hydrogen-bond donors (Lipinski definition) is 3. The van der Waals surface area contributed by atoms with Gasteiger partial charge in [-0.2, -0.15) is 0 Å². The van der Waals surface area contributed by atoms with Crippen molar-refractivity contribution in [2.24, 2.45) is 0 Å². The van der Waals surface area contributed by atoms with Crippen LogP contribution in [0.15, 0.2) is 43.4 Å². The Morgan fingerprint density at radius 3 is 2.67 bits per heavy atom. The lowest BCUT2D eigenvalue weighted by Gasteiger charge is -2.33. The minimum Gasteiger partial charge on any atom is -0.378 e. The van der Waals surface area contributed by atoms with Crippen molar-refractivity contribution >= 4 is 28.7 Å². The van der Waals surface area contributed by atoms with Gasteiger partial charge in [0.05, 0.1) is 18.6 Å². The molecule has 0 bridgehead atoms. The molecule has 3 aromatic rings. The Bertz CT molecular complexity index is 1410. The first-order valence-electron chi connectivity index (χ1n) is 15.1. The fraction of sp³-hybridized carbons (Fsp3) is 0.516. The van der Waals surface area contributed by atoms with Gasteiger partial charge in [0.15, 0.2) is 0 Å². The first kappa shape index (κ1) is 28.3. The van der Waals surface area contributed by atoms with E-state index in [9.17, 15) is 9.59 Å². The highest BCUT2D eigenvalue weighted by atomic mass is 16.5. The third kappa shape index (κ3) is 6.63. The third-order valence-electron chi connectivity index (χ3n) is 8.74. The van der Waals surface area contributed by atoms with E-state index in [1.165, 1.54) is 11.8 Å². The van der Waals surface area contributed by atoms with E-state index in [1.54, 1.807) is 12.5 Å². The van der Waals surface area contributed by atoms with Crippen LogP contribution in [0.2, 0.25) is 0 Å². The van der Waals surface area contributed by atoms with Gasteiger partial charge in [-0.1, -0.05) is 6.58 Å². The minimum atomic E-state index is -0.132. The van der Waals surface area contributed by atoms with E-state index < -0.39 is 0 Å². The summed E-state index contributed by atoms with van der Waals surface area (Å²) in [7, 11) is 0. The molecule has 3 fully saturated rings. The zero-order valence-corrected chi connectivity index (χ0v) is 24.1. The Morgan fingerprint density at radius 2 is 1.86 bits per heavy atom. The monoisotopic (exact) mass is 572 g/mol. The molecule has 2 aliphatic heterocycles. The summed E-state index contributed by atoms with van der Waals surface area (Å²) in [6.45, 7) is 9.11. The van der Waals surface area contributed by atoms with Crippen LogP contribution in [-0.2, 0) is 16.1 Å². The summed E-state index contributed by atoms with van der Waals surface area (Å²) in [5, 5.41) is 7.30. The average Bonchev–Trinajstić information content (AvgIpc) is 3.47. The van der Waals surface area contributed by atoms with Crippen LogP contribution in [0.4, 0.5) is 5.82 Å². The van der Waals surface area contributed by atoms with Gasteiger partial charge in [0.1, 0.15) is 23.5 Å². The molecule has 3 aliphatic rings. The molecule has 222 valence electrons. The molecule has 42 heavy (non-hydrogen) atoms. The molecule has 1 saturated carbocycles. The summed E-state index contributed by atoms with van der Waals surface area (Å²) in [6, 6.07) is 6.32. The van der Waals surface area contributed by atoms with E-state index in [-0.39, 0.29) is 23.9 Å². The second-order valence-corrected chi connectivity index (χ2v) is 11.6. The normalized spacial score (nSPS) is 23.4. The number of anilines is 1. The Labute approximate surface area is 246 Å². The quantitative estimate of drug-likeness (QED) is 0.352. The molecule has 1 atom stereocenters. The van der Waals surface area contributed by atoms with Crippen LogP contribution in [0.1, 0.15) is 66.2 Å². The lowest BCUT2D eigenvalue weighted by atomic mass is 9.84. The molecule has 2 amide bonds. The van der Waals surface area contributed by atoms with E-state index in [2.05, 4.69) is 53.0 Å². The van der Waals surface area contributed by atoms with Gasteiger partial charge in [-0.15, -0.1) is 0 Å². The number of morpholine rings is 1. The molecule has 3 aromatic heterocycles. The van der Waals surface area contributed by atoms with Crippen LogP contribution >= 0.6 is 0 Å². The smallest absolute Gasteiger partial charge is 0.270 e. The van der Waals surface area contributed by atoms with Crippen LogP contribution < -0.4 is 15.5 Å². The number of piperidine rings is 1. The lowest BCUT2D eigenvalue weighted by molar-refractivity contribution is -0.117. The van der Waals surface area contributed by atoms with Crippen molar-refractivity contribution in [1.82, 2.24) is 35.5 Å². The number of rotatable bonds is 8. The second-order valence-electron chi connectivity index (χ2n) is 11.6. The third-order valence-corrected chi connectivity index (χ3v) is 8.74. The summed E-state index contributed by atoms with van der Waals surface area (Å²) >= 11 is 0. The molecular weight excluding hydrogens is 532 g/mol.